The van der Waals surface area contributed by atoms with Crippen LogP contribution in [0, 0.1) is 21.7 Å². The number of nitro benzene ring substituents is 1. The first-order chi connectivity index (χ1) is 9.33. The minimum atomic E-state index is -1.38. The Bertz CT molecular complexity index is 573. The lowest BCUT2D eigenvalue weighted by Crippen LogP contribution is -2.51. The van der Waals surface area contributed by atoms with E-state index in [0.717, 1.165) is 0 Å². The summed E-state index contributed by atoms with van der Waals surface area (Å²) in [5, 5.41) is 12.8. The largest absolute Gasteiger partial charge is 0.379 e. The second-order valence-corrected chi connectivity index (χ2v) is 4.45. The van der Waals surface area contributed by atoms with Crippen LogP contribution < -0.4 is 11.1 Å². The predicted molar refractivity (Wildman–Crippen MR) is 64.0 cm³/mol. The first kappa shape index (κ1) is 14.3. The van der Waals surface area contributed by atoms with E-state index in [1.807, 2.05) is 5.32 Å². The summed E-state index contributed by atoms with van der Waals surface area (Å²) in [7, 11) is 0. The van der Waals surface area contributed by atoms with Gasteiger partial charge in [-0.2, -0.15) is 0 Å². The molecule has 1 aliphatic rings. The molecule has 9 heteroatoms. The zero-order valence-corrected chi connectivity index (χ0v) is 10.2. The third-order valence-corrected chi connectivity index (χ3v) is 2.97. The normalized spacial score (nSPS) is 21.8. The number of ether oxygens (including phenoxy) is 1. The SMILES string of the molecule is NC1(C(=O)Nc2c(F)cc(F)cc2[N+](=O)[O-])CCOC1. The molecule has 0 bridgehead atoms. The molecular formula is C11H11F2N3O4. The van der Waals surface area contributed by atoms with E-state index in [-0.39, 0.29) is 19.6 Å². The Morgan fingerprint density at radius 1 is 1.50 bits per heavy atom. The van der Waals surface area contributed by atoms with Gasteiger partial charge in [0.15, 0.2) is 11.5 Å². The first-order valence-electron chi connectivity index (χ1n) is 5.65. The molecule has 1 aliphatic heterocycles. The third-order valence-electron chi connectivity index (χ3n) is 2.97. The quantitative estimate of drug-likeness (QED) is 0.635. The van der Waals surface area contributed by atoms with Crippen LogP contribution in [0.2, 0.25) is 0 Å². The molecule has 0 spiro atoms. The molecule has 1 fully saturated rings. The zero-order chi connectivity index (χ0) is 14.9. The van der Waals surface area contributed by atoms with Crippen LogP contribution >= 0.6 is 0 Å². The van der Waals surface area contributed by atoms with Gasteiger partial charge >= 0.3 is 0 Å². The lowest BCUT2D eigenvalue weighted by molar-refractivity contribution is -0.384. The van der Waals surface area contributed by atoms with Crippen molar-refractivity contribution < 1.29 is 23.2 Å². The van der Waals surface area contributed by atoms with Gasteiger partial charge < -0.3 is 15.8 Å². The minimum Gasteiger partial charge on any atom is -0.379 e. The number of carbonyl (C=O) groups excluding carboxylic acids is 1. The molecule has 3 N–H and O–H groups in total. The van der Waals surface area contributed by atoms with Crippen LogP contribution in [0.5, 0.6) is 0 Å². The molecule has 20 heavy (non-hydrogen) atoms. The van der Waals surface area contributed by atoms with E-state index in [2.05, 4.69) is 0 Å². The molecule has 1 aromatic rings. The maximum atomic E-state index is 13.6. The van der Waals surface area contributed by atoms with E-state index in [0.29, 0.717) is 12.1 Å². The Kier molecular flexibility index (Phi) is 3.64. The number of amides is 1. The smallest absolute Gasteiger partial charge is 0.298 e. The Morgan fingerprint density at radius 3 is 2.75 bits per heavy atom. The summed E-state index contributed by atoms with van der Waals surface area (Å²) in [5.74, 6) is -3.17. The van der Waals surface area contributed by atoms with E-state index in [1.165, 1.54) is 0 Å². The first-order valence-corrected chi connectivity index (χ1v) is 5.65. The Morgan fingerprint density at radius 2 is 2.20 bits per heavy atom. The average molecular weight is 287 g/mol. The highest BCUT2D eigenvalue weighted by atomic mass is 19.1. The fourth-order valence-electron chi connectivity index (χ4n) is 1.83. The number of nitro groups is 1. The lowest BCUT2D eigenvalue weighted by atomic mass is 9.99. The monoisotopic (exact) mass is 287 g/mol. The number of carbonyl (C=O) groups is 1. The van der Waals surface area contributed by atoms with Crippen molar-refractivity contribution in [2.24, 2.45) is 5.73 Å². The Hall–Kier alpha value is -2.13. The van der Waals surface area contributed by atoms with E-state index in [4.69, 9.17) is 10.5 Å². The van der Waals surface area contributed by atoms with Crippen molar-refractivity contribution >= 4 is 17.3 Å². The van der Waals surface area contributed by atoms with E-state index in [9.17, 15) is 23.7 Å². The number of benzene rings is 1. The fourth-order valence-corrected chi connectivity index (χ4v) is 1.83. The Labute approximate surface area is 111 Å². The topological polar surface area (TPSA) is 107 Å². The van der Waals surface area contributed by atoms with Crippen LogP contribution in [0.1, 0.15) is 6.42 Å². The van der Waals surface area contributed by atoms with Gasteiger partial charge in [0.05, 0.1) is 17.6 Å². The fraction of sp³-hybridized carbons (Fsp3) is 0.364. The summed E-state index contributed by atoms with van der Waals surface area (Å²) in [6, 6.07) is 0.962. The third kappa shape index (κ3) is 2.58. The minimum absolute atomic E-state index is 0.0740. The molecule has 1 atom stereocenters. The van der Waals surface area contributed by atoms with Crippen LogP contribution in [-0.4, -0.2) is 29.6 Å². The number of rotatable bonds is 3. The highest BCUT2D eigenvalue weighted by Gasteiger charge is 2.39. The summed E-state index contributed by atoms with van der Waals surface area (Å²) < 4.78 is 31.6. The number of anilines is 1. The van der Waals surface area contributed by atoms with E-state index < -0.39 is 39.4 Å². The molecule has 1 heterocycles. The molecule has 2 rings (SSSR count). The van der Waals surface area contributed by atoms with Gasteiger partial charge in [0.2, 0.25) is 5.91 Å². The van der Waals surface area contributed by atoms with Gasteiger partial charge in [-0.15, -0.1) is 0 Å². The van der Waals surface area contributed by atoms with Gasteiger partial charge in [0.25, 0.3) is 5.69 Å². The highest BCUT2D eigenvalue weighted by molar-refractivity contribution is 6.00. The van der Waals surface area contributed by atoms with Crippen molar-refractivity contribution in [3.8, 4) is 0 Å². The van der Waals surface area contributed by atoms with Gasteiger partial charge in [-0.25, -0.2) is 8.78 Å². The average Bonchev–Trinajstić information content (AvgIpc) is 2.80. The standard InChI is InChI=1S/C11H11F2N3O4/c12-6-3-7(13)9(8(4-6)16(18)19)15-10(17)11(14)1-2-20-5-11/h3-4H,1-2,5,14H2,(H,15,17). The molecule has 1 aromatic carbocycles. The number of hydrogen-bond acceptors (Lipinski definition) is 5. The summed E-state index contributed by atoms with van der Waals surface area (Å²) in [6.45, 7) is 0.188. The summed E-state index contributed by atoms with van der Waals surface area (Å²) in [6.07, 6.45) is 0.204. The van der Waals surface area contributed by atoms with Crippen molar-refractivity contribution in [2.75, 3.05) is 18.5 Å². The van der Waals surface area contributed by atoms with Gasteiger partial charge in [-0.05, 0) is 6.42 Å². The number of nitrogens with one attached hydrogen (secondary N) is 1. The van der Waals surface area contributed by atoms with E-state index >= 15 is 0 Å². The van der Waals surface area contributed by atoms with Gasteiger partial charge in [0.1, 0.15) is 11.4 Å². The van der Waals surface area contributed by atoms with Crippen molar-refractivity contribution in [3.63, 3.8) is 0 Å². The summed E-state index contributed by atoms with van der Waals surface area (Å²) in [4.78, 5) is 21.7. The molecule has 0 aliphatic carbocycles. The van der Waals surface area contributed by atoms with Gasteiger partial charge in [-0.3, -0.25) is 14.9 Å². The van der Waals surface area contributed by atoms with Crippen LogP contribution in [0.3, 0.4) is 0 Å². The maximum Gasteiger partial charge on any atom is 0.298 e. The maximum absolute atomic E-state index is 13.6. The van der Waals surface area contributed by atoms with E-state index in [1.54, 1.807) is 0 Å². The lowest BCUT2D eigenvalue weighted by Gasteiger charge is -2.20. The van der Waals surface area contributed by atoms with Crippen LogP contribution in [0.25, 0.3) is 0 Å². The second kappa shape index (κ2) is 5.10. The predicted octanol–water partition coefficient (Wildman–Crippen LogP) is 0.929. The molecule has 1 amide bonds. The summed E-state index contributed by atoms with van der Waals surface area (Å²) >= 11 is 0. The van der Waals surface area contributed by atoms with Crippen molar-refractivity contribution in [2.45, 2.75) is 12.0 Å². The Balaban J connectivity index is 2.33. The second-order valence-electron chi connectivity index (χ2n) is 4.45. The molecule has 1 unspecified atom stereocenters. The molecule has 0 saturated carbocycles. The van der Waals surface area contributed by atoms with Crippen molar-refractivity contribution in [1.82, 2.24) is 0 Å². The molecule has 7 nitrogen and oxygen atoms in total. The zero-order valence-electron chi connectivity index (χ0n) is 10.2. The molecular weight excluding hydrogens is 276 g/mol. The van der Waals surface area contributed by atoms with Crippen LogP contribution in [-0.2, 0) is 9.53 Å². The van der Waals surface area contributed by atoms with Crippen LogP contribution in [0.15, 0.2) is 12.1 Å². The van der Waals surface area contributed by atoms with Gasteiger partial charge in [-0.1, -0.05) is 0 Å². The highest BCUT2D eigenvalue weighted by Crippen LogP contribution is 2.30. The number of nitrogens with two attached hydrogens (primary N) is 1. The van der Waals surface area contributed by atoms with Crippen LogP contribution in [0.4, 0.5) is 20.2 Å². The van der Waals surface area contributed by atoms with Crippen molar-refractivity contribution in [1.29, 1.82) is 0 Å². The summed E-state index contributed by atoms with van der Waals surface area (Å²) in [5.41, 5.74) is 2.79. The molecule has 0 aromatic heterocycles. The van der Waals surface area contributed by atoms with Crippen molar-refractivity contribution in [3.05, 3.63) is 33.9 Å². The molecule has 1 saturated heterocycles. The van der Waals surface area contributed by atoms with Gasteiger partial charge in [0, 0.05) is 12.7 Å². The number of halogens is 2. The molecule has 0 radical (unpaired) electrons. The number of hydrogen-bond donors (Lipinski definition) is 2. The number of nitrogens with zero attached hydrogens (tertiary/aromatic N) is 1. The molecule has 108 valence electrons.